The van der Waals surface area contributed by atoms with E-state index in [9.17, 15) is 13.2 Å². The lowest BCUT2D eigenvalue weighted by Crippen LogP contribution is -2.40. The number of methoxy groups -OCH3 is 1. The van der Waals surface area contributed by atoms with E-state index in [1.165, 1.54) is 9.46 Å². The van der Waals surface area contributed by atoms with E-state index < -0.39 is 12.7 Å². The first-order valence-electron chi connectivity index (χ1n) is 13.0. The van der Waals surface area contributed by atoms with Gasteiger partial charge in [-0.25, -0.2) is 0 Å². The molecule has 4 rings (SSSR count). The summed E-state index contributed by atoms with van der Waals surface area (Å²) in [6, 6.07) is 15.6. The first-order chi connectivity index (χ1) is 18.4. The average Bonchev–Trinajstić information content (AvgIpc) is 3.24. The van der Waals surface area contributed by atoms with E-state index >= 15 is 0 Å². The molecule has 2 heterocycles. The molecule has 0 atom stereocenters. The Kier molecular flexibility index (Phi) is 9.89. The van der Waals surface area contributed by atoms with Gasteiger partial charge in [0.2, 0.25) is 0 Å². The molecule has 3 aromatic rings. The van der Waals surface area contributed by atoms with Gasteiger partial charge >= 0.3 is 6.18 Å². The number of piperidine rings is 1. The van der Waals surface area contributed by atoms with E-state index in [0.717, 1.165) is 55.0 Å². The Morgan fingerprint density at radius 1 is 1.11 bits per heavy atom. The summed E-state index contributed by atoms with van der Waals surface area (Å²) in [5, 5.41) is 7.58. The smallest absolute Gasteiger partial charge is 0.383 e. The second-order valence-corrected chi connectivity index (χ2v) is 10.7. The molecule has 0 bridgehead atoms. The Balaban J connectivity index is 1.49. The number of hydrogen-bond donors (Lipinski definition) is 2. The largest absolute Gasteiger partial charge is 0.406 e. The number of aromatic nitrogens is 1. The second-order valence-electron chi connectivity index (χ2n) is 9.34. The highest BCUT2D eigenvalue weighted by molar-refractivity contribution is 7.99. The summed E-state index contributed by atoms with van der Waals surface area (Å²) in [6.07, 6.45) is -2.41. The predicted octanol–water partition coefficient (Wildman–Crippen LogP) is 6.30. The number of benzene rings is 2. The molecule has 2 N–H and O–H groups in total. The summed E-state index contributed by atoms with van der Waals surface area (Å²) >= 11 is 1.77. The van der Waals surface area contributed by atoms with Crippen molar-refractivity contribution in [1.82, 2.24) is 9.47 Å². The van der Waals surface area contributed by atoms with Gasteiger partial charge in [-0.2, -0.15) is 13.2 Å². The third kappa shape index (κ3) is 7.85. The molecule has 0 aliphatic carbocycles. The van der Waals surface area contributed by atoms with E-state index in [-0.39, 0.29) is 6.04 Å². The van der Waals surface area contributed by atoms with Crippen molar-refractivity contribution < 1.29 is 17.9 Å². The van der Waals surface area contributed by atoms with Gasteiger partial charge in [-0.1, -0.05) is 18.9 Å². The summed E-state index contributed by atoms with van der Waals surface area (Å²) in [6.45, 7) is 4.93. The summed E-state index contributed by atoms with van der Waals surface area (Å²) in [4.78, 5) is 3.57. The maximum atomic E-state index is 13.5. The van der Waals surface area contributed by atoms with Crippen LogP contribution >= 0.6 is 11.8 Å². The van der Waals surface area contributed by atoms with Gasteiger partial charge in [0.15, 0.2) is 0 Å². The van der Waals surface area contributed by atoms with Crippen LogP contribution in [0.2, 0.25) is 0 Å². The van der Waals surface area contributed by atoms with Crippen LogP contribution in [0, 0.1) is 11.8 Å². The molecule has 204 valence electrons. The zero-order valence-corrected chi connectivity index (χ0v) is 22.7. The molecule has 38 heavy (non-hydrogen) atoms. The molecule has 5 nitrogen and oxygen atoms in total. The number of ether oxygens (including phenoxy) is 1. The molecule has 1 aliphatic rings. The maximum Gasteiger partial charge on any atom is 0.406 e. The van der Waals surface area contributed by atoms with E-state index in [2.05, 4.69) is 34.3 Å². The molecule has 0 radical (unpaired) electrons. The Hall–Kier alpha value is -2.80. The van der Waals surface area contributed by atoms with E-state index in [4.69, 9.17) is 4.74 Å². The van der Waals surface area contributed by atoms with Crippen molar-refractivity contribution in [2.75, 3.05) is 56.3 Å². The van der Waals surface area contributed by atoms with Crippen LogP contribution in [-0.2, 0) is 11.3 Å². The normalized spacial score (nSPS) is 14.9. The quantitative estimate of drug-likeness (QED) is 0.232. The summed E-state index contributed by atoms with van der Waals surface area (Å²) in [7, 11) is 1.71. The topological polar surface area (TPSA) is 41.5 Å². The molecule has 0 saturated carbocycles. The van der Waals surface area contributed by atoms with Gasteiger partial charge in [0.25, 0.3) is 0 Å². The lowest BCUT2D eigenvalue weighted by Gasteiger charge is -2.32. The van der Waals surface area contributed by atoms with Gasteiger partial charge in [-0.15, -0.1) is 11.8 Å². The number of rotatable bonds is 10. The van der Waals surface area contributed by atoms with Gasteiger partial charge in [-0.05, 0) is 67.0 Å². The fourth-order valence-electron chi connectivity index (χ4n) is 4.72. The highest BCUT2D eigenvalue weighted by atomic mass is 32.2. The van der Waals surface area contributed by atoms with Crippen molar-refractivity contribution in [2.45, 2.75) is 43.4 Å². The third-order valence-corrected chi connectivity index (χ3v) is 7.50. The summed E-state index contributed by atoms with van der Waals surface area (Å²) in [5.41, 5.74) is 2.67. The van der Waals surface area contributed by atoms with Crippen LogP contribution in [0.15, 0.2) is 53.4 Å². The van der Waals surface area contributed by atoms with E-state index in [0.29, 0.717) is 24.4 Å². The van der Waals surface area contributed by atoms with Crippen LogP contribution in [-0.4, -0.2) is 67.3 Å². The lowest BCUT2D eigenvalue weighted by molar-refractivity contribution is -0.140. The predicted molar refractivity (Wildman–Crippen MR) is 151 cm³/mol. The first kappa shape index (κ1) is 28.2. The number of halogens is 3. The van der Waals surface area contributed by atoms with Crippen LogP contribution in [0.4, 0.5) is 24.5 Å². The molecule has 1 aromatic heterocycles. The van der Waals surface area contributed by atoms with Crippen LogP contribution < -0.4 is 10.6 Å². The Labute approximate surface area is 227 Å². The van der Waals surface area contributed by atoms with Crippen LogP contribution in [0.5, 0.6) is 0 Å². The Morgan fingerprint density at radius 2 is 1.87 bits per heavy atom. The second kappa shape index (κ2) is 13.3. The summed E-state index contributed by atoms with van der Waals surface area (Å²) in [5.74, 6) is 7.00. The average molecular weight is 545 g/mol. The van der Waals surface area contributed by atoms with Gasteiger partial charge in [0.05, 0.1) is 24.4 Å². The highest BCUT2D eigenvalue weighted by Crippen LogP contribution is 2.31. The van der Waals surface area contributed by atoms with Gasteiger partial charge in [0.1, 0.15) is 6.54 Å². The molecule has 1 aliphatic heterocycles. The van der Waals surface area contributed by atoms with E-state index in [1.54, 1.807) is 31.0 Å². The van der Waals surface area contributed by atoms with Gasteiger partial charge in [-0.3, -0.25) is 0 Å². The molecule has 0 spiro atoms. The molecule has 0 amide bonds. The number of nitrogens with zero attached hydrogens (tertiary/aromatic N) is 2. The number of nitrogens with one attached hydrogen (secondary N) is 2. The van der Waals surface area contributed by atoms with Crippen LogP contribution in [0.25, 0.3) is 10.9 Å². The van der Waals surface area contributed by atoms with Gasteiger partial charge in [0, 0.05) is 54.4 Å². The van der Waals surface area contributed by atoms with Crippen LogP contribution in [0.1, 0.15) is 25.5 Å². The molecular weight excluding hydrogens is 509 g/mol. The number of likely N-dealkylation sites (tertiary alicyclic amines) is 1. The minimum atomic E-state index is -4.35. The fourth-order valence-corrected chi connectivity index (χ4v) is 5.38. The van der Waals surface area contributed by atoms with Crippen molar-refractivity contribution in [3.8, 4) is 11.8 Å². The Morgan fingerprint density at radius 3 is 2.55 bits per heavy atom. The van der Waals surface area contributed by atoms with Crippen molar-refractivity contribution in [2.24, 2.45) is 0 Å². The van der Waals surface area contributed by atoms with Crippen molar-refractivity contribution in [1.29, 1.82) is 0 Å². The molecule has 9 heteroatoms. The number of anilines is 2. The molecule has 2 aromatic carbocycles. The number of thioether (sulfide) groups is 1. The summed E-state index contributed by atoms with van der Waals surface area (Å²) < 4.78 is 47.0. The number of hydrogen-bond acceptors (Lipinski definition) is 5. The molecule has 1 fully saturated rings. The molecule has 0 unspecified atom stereocenters. The minimum absolute atomic E-state index is 0.270. The standard InChI is InChI=1S/C29H35F3N4OS/c1-3-38-25-11-9-22(10-12-25)33-15-5-6-24-20-26-27(7-4-8-28(26)36(24)21-29(30,31)32)34-23-13-16-35(17-14-23)18-19-37-2/h4,7-12,20,23,33-34H,3,13-19,21H2,1-2H3. The molecule has 1 saturated heterocycles. The lowest BCUT2D eigenvalue weighted by atomic mass is 10.0. The third-order valence-electron chi connectivity index (χ3n) is 6.60. The van der Waals surface area contributed by atoms with E-state index in [1.807, 2.05) is 36.4 Å². The Bertz CT molecular complexity index is 1240. The zero-order valence-electron chi connectivity index (χ0n) is 21.9. The fraction of sp³-hybridized carbons (Fsp3) is 0.448. The number of fused-ring (bicyclic) bond motifs is 1. The van der Waals surface area contributed by atoms with Crippen molar-refractivity contribution >= 4 is 34.0 Å². The molecular formula is C29H35F3N4OS. The highest BCUT2D eigenvalue weighted by Gasteiger charge is 2.30. The van der Waals surface area contributed by atoms with Crippen molar-refractivity contribution in [3.63, 3.8) is 0 Å². The van der Waals surface area contributed by atoms with Crippen molar-refractivity contribution in [3.05, 3.63) is 54.2 Å². The van der Waals surface area contributed by atoms with Crippen LogP contribution in [0.3, 0.4) is 0 Å². The maximum absolute atomic E-state index is 13.5. The zero-order chi connectivity index (χ0) is 27.0. The minimum Gasteiger partial charge on any atom is -0.383 e. The SMILES string of the molecule is CCSc1ccc(NCC#Cc2cc3c(NC4CCN(CCOC)CC4)cccc3n2CC(F)(F)F)cc1. The number of alkyl halides is 3. The first-order valence-corrected chi connectivity index (χ1v) is 14.0. The monoisotopic (exact) mass is 544 g/mol. The van der Waals surface area contributed by atoms with Gasteiger partial charge < -0.3 is 24.8 Å².